The minimum Gasteiger partial charge on any atom is -0.263 e. The second-order valence-electron chi connectivity index (χ2n) is 2.56. The zero-order valence-corrected chi connectivity index (χ0v) is 7.33. The lowest BCUT2D eigenvalue weighted by atomic mass is 10.2. The first-order valence-corrected chi connectivity index (χ1v) is 4.19. The highest BCUT2D eigenvalue weighted by Gasteiger charge is 1.83. The molecule has 0 saturated carbocycles. The monoisotopic (exact) mass is 170 g/mol. The number of hydrogen-bond donors (Lipinski definition) is 0. The molecule has 0 spiro atoms. The van der Waals surface area contributed by atoms with E-state index in [9.17, 15) is 0 Å². The largest absolute Gasteiger partial charge is 0.263 e. The van der Waals surface area contributed by atoms with E-state index in [1.165, 1.54) is 0 Å². The Labute approximate surface area is 78.2 Å². The summed E-state index contributed by atoms with van der Waals surface area (Å²) < 4.78 is 0. The van der Waals surface area contributed by atoms with E-state index in [0.29, 0.717) is 6.42 Å². The molecule has 0 aliphatic carbocycles. The van der Waals surface area contributed by atoms with Crippen LogP contribution in [-0.2, 0) is 0 Å². The molecule has 1 aromatic rings. The number of unbranched alkanes of at least 4 members (excludes halogenated alkanes) is 2. The Kier molecular flexibility index (Phi) is 4.14. The molecule has 2 nitrogen and oxygen atoms in total. The predicted molar refractivity (Wildman–Crippen MR) is 50.6 cm³/mol. The van der Waals surface area contributed by atoms with Gasteiger partial charge < -0.3 is 0 Å². The molecule has 0 atom stereocenters. The number of aromatic nitrogens is 1. The third kappa shape index (κ3) is 3.94. The van der Waals surface area contributed by atoms with Crippen molar-refractivity contribution < 1.29 is 0 Å². The summed E-state index contributed by atoms with van der Waals surface area (Å²) in [6.45, 7) is 0. The average Bonchev–Trinajstić information content (AvgIpc) is 2.19. The van der Waals surface area contributed by atoms with Crippen LogP contribution in [0, 0.1) is 23.2 Å². The van der Waals surface area contributed by atoms with Crippen molar-refractivity contribution in [3.63, 3.8) is 0 Å². The standard InChI is InChI=1S/C11H10N2/c12-8-4-2-1-3-6-11-7-5-9-13-10-11/h5,7,9-10H,1-2,4H2. The van der Waals surface area contributed by atoms with Gasteiger partial charge in [0.05, 0.1) is 6.07 Å². The molecule has 1 aromatic heterocycles. The molecule has 0 fully saturated rings. The first-order valence-electron chi connectivity index (χ1n) is 4.19. The van der Waals surface area contributed by atoms with E-state index in [0.717, 1.165) is 18.4 Å². The Morgan fingerprint density at radius 3 is 3.00 bits per heavy atom. The van der Waals surface area contributed by atoms with E-state index in [-0.39, 0.29) is 0 Å². The lowest BCUT2D eigenvalue weighted by Crippen LogP contribution is -1.75. The Balaban J connectivity index is 2.37. The second kappa shape index (κ2) is 5.80. The molecular weight excluding hydrogens is 160 g/mol. The molecule has 1 heterocycles. The Morgan fingerprint density at radius 2 is 2.31 bits per heavy atom. The highest BCUT2D eigenvalue weighted by Crippen LogP contribution is 1.94. The van der Waals surface area contributed by atoms with Gasteiger partial charge in [0.15, 0.2) is 0 Å². The van der Waals surface area contributed by atoms with Gasteiger partial charge in [-0.25, -0.2) is 0 Å². The summed E-state index contributed by atoms with van der Waals surface area (Å²) in [5.74, 6) is 5.98. The molecule has 13 heavy (non-hydrogen) atoms. The maximum Gasteiger partial charge on any atom is 0.0622 e. The molecule has 0 bridgehead atoms. The van der Waals surface area contributed by atoms with Crippen molar-refractivity contribution in [3.05, 3.63) is 30.1 Å². The molecule has 0 aliphatic rings. The van der Waals surface area contributed by atoms with Crippen molar-refractivity contribution >= 4 is 0 Å². The third-order valence-corrected chi connectivity index (χ3v) is 1.48. The molecule has 0 aliphatic heterocycles. The van der Waals surface area contributed by atoms with Crippen molar-refractivity contribution in [3.8, 4) is 17.9 Å². The van der Waals surface area contributed by atoms with Crippen molar-refractivity contribution in [1.29, 1.82) is 5.26 Å². The van der Waals surface area contributed by atoms with Crippen molar-refractivity contribution in [1.82, 2.24) is 4.98 Å². The lowest BCUT2D eigenvalue weighted by Gasteiger charge is -1.85. The van der Waals surface area contributed by atoms with Gasteiger partial charge in [-0.15, -0.1) is 0 Å². The van der Waals surface area contributed by atoms with E-state index >= 15 is 0 Å². The maximum atomic E-state index is 8.27. The fourth-order valence-corrected chi connectivity index (χ4v) is 0.857. The third-order valence-electron chi connectivity index (χ3n) is 1.48. The molecule has 0 unspecified atom stereocenters. The Morgan fingerprint density at radius 1 is 1.38 bits per heavy atom. The van der Waals surface area contributed by atoms with Gasteiger partial charge >= 0.3 is 0 Å². The summed E-state index contributed by atoms with van der Waals surface area (Å²) in [6, 6.07) is 5.87. The molecule has 2 heteroatoms. The van der Waals surface area contributed by atoms with Crippen LogP contribution in [-0.4, -0.2) is 4.98 Å². The number of rotatable bonds is 2. The fourth-order valence-electron chi connectivity index (χ4n) is 0.857. The minimum atomic E-state index is 0.585. The van der Waals surface area contributed by atoms with Gasteiger partial charge in [0.2, 0.25) is 0 Å². The molecule has 0 amide bonds. The van der Waals surface area contributed by atoms with E-state index in [1.807, 2.05) is 12.1 Å². The molecule has 0 saturated heterocycles. The van der Waals surface area contributed by atoms with Crippen LogP contribution in [0.1, 0.15) is 24.8 Å². The normalized spacial score (nSPS) is 8.23. The summed E-state index contributed by atoms with van der Waals surface area (Å²) in [7, 11) is 0. The summed E-state index contributed by atoms with van der Waals surface area (Å²) in [5, 5.41) is 8.27. The highest BCUT2D eigenvalue weighted by atomic mass is 14.6. The molecule has 0 aromatic carbocycles. The van der Waals surface area contributed by atoms with Gasteiger partial charge in [0, 0.05) is 30.8 Å². The van der Waals surface area contributed by atoms with Crippen LogP contribution in [0.2, 0.25) is 0 Å². The zero-order valence-electron chi connectivity index (χ0n) is 7.33. The molecule has 64 valence electrons. The summed E-state index contributed by atoms with van der Waals surface area (Å²) in [4.78, 5) is 3.94. The van der Waals surface area contributed by atoms with Gasteiger partial charge in [-0.05, 0) is 18.6 Å². The van der Waals surface area contributed by atoms with Crippen LogP contribution in [0.25, 0.3) is 0 Å². The van der Waals surface area contributed by atoms with E-state index < -0.39 is 0 Å². The van der Waals surface area contributed by atoms with Gasteiger partial charge in [0.25, 0.3) is 0 Å². The Hall–Kier alpha value is -1.80. The SMILES string of the molecule is N#CCCCC#Cc1cccnc1. The van der Waals surface area contributed by atoms with Crippen LogP contribution in [0.5, 0.6) is 0 Å². The van der Waals surface area contributed by atoms with Crippen molar-refractivity contribution in [2.24, 2.45) is 0 Å². The topological polar surface area (TPSA) is 36.7 Å². The quantitative estimate of drug-likeness (QED) is 0.503. The van der Waals surface area contributed by atoms with E-state index in [4.69, 9.17) is 5.26 Å². The van der Waals surface area contributed by atoms with Gasteiger partial charge in [-0.3, -0.25) is 4.98 Å². The van der Waals surface area contributed by atoms with Crippen LogP contribution >= 0.6 is 0 Å². The second-order valence-corrected chi connectivity index (χ2v) is 2.56. The van der Waals surface area contributed by atoms with E-state index in [2.05, 4.69) is 22.9 Å². The molecular formula is C11H10N2. The molecule has 1 rings (SSSR count). The van der Waals surface area contributed by atoms with Crippen LogP contribution < -0.4 is 0 Å². The first kappa shape index (κ1) is 9.29. The maximum absolute atomic E-state index is 8.27. The number of nitrogens with zero attached hydrogens (tertiary/aromatic N) is 2. The number of nitriles is 1. The summed E-state index contributed by atoms with van der Waals surface area (Å²) in [6.07, 6.45) is 5.67. The van der Waals surface area contributed by atoms with Gasteiger partial charge in [-0.2, -0.15) is 5.26 Å². The predicted octanol–water partition coefficient (Wildman–Crippen LogP) is 2.13. The minimum absolute atomic E-state index is 0.585. The van der Waals surface area contributed by atoms with Crippen molar-refractivity contribution in [2.45, 2.75) is 19.3 Å². The zero-order chi connectivity index (χ0) is 9.36. The fraction of sp³-hybridized carbons (Fsp3) is 0.273. The van der Waals surface area contributed by atoms with Crippen LogP contribution in [0.15, 0.2) is 24.5 Å². The summed E-state index contributed by atoms with van der Waals surface area (Å²) >= 11 is 0. The lowest BCUT2D eigenvalue weighted by molar-refractivity contribution is 0.894. The molecule has 0 N–H and O–H groups in total. The van der Waals surface area contributed by atoms with Crippen molar-refractivity contribution in [2.75, 3.05) is 0 Å². The number of pyridine rings is 1. The van der Waals surface area contributed by atoms with Gasteiger partial charge in [-0.1, -0.05) is 11.8 Å². The average molecular weight is 170 g/mol. The first-order chi connectivity index (χ1) is 6.43. The van der Waals surface area contributed by atoms with Crippen LogP contribution in [0.3, 0.4) is 0 Å². The Bertz CT molecular complexity index is 338. The van der Waals surface area contributed by atoms with Crippen LogP contribution in [0.4, 0.5) is 0 Å². The number of hydrogen-bond acceptors (Lipinski definition) is 2. The van der Waals surface area contributed by atoms with Gasteiger partial charge in [0.1, 0.15) is 0 Å². The summed E-state index contributed by atoms with van der Waals surface area (Å²) in [5.41, 5.74) is 0.930. The highest BCUT2D eigenvalue weighted by molar-refractivity contribution is 5.30. The smallest absolute Gasteiger partial charge is 0.0622 e. The molecule has 0 radical (unpaired) electrons. The van der Waals surface area contributed by atoms with E-state index in [1.54, 1.807) is 12.4 Å².